The minimum absolute atomic E-state index is 0.0357. The summed E-state index contributed by atoms with van der Waals surface area (Å²) in [5.74, 6) is 1.02. The molecule has 14 heavy (non-hydrogen) atoms. The number of nitrogens with two attached hydrogens (primary N) is 1. The summed E-state index contributed by atoms with van der Waals surface area (Å²) in [6.45, 7) is 4.08. The van der Waals surface area contributed by atoms with Gasteiger partial charge < -0.3 is 10.2 Å². The molecule has 2 rings (SSSR count). The Bertz CT molecular complexity index is 443. The molecule has 74 valence electrons. The Hall–Kier alpha value is -1.28. The molecule has 1 aromatic heterocycles. The van der Waals surface area contributed by atoms with Gasteiger partial charge in [-0.25, -0.2) is 0 Å². The lowest BCUT2D eigenvalue weighted by Crippen LogP contribution is -2.06. The summed E-state index contributed by atoms with van der Waals surface area (Å²) < 4.78 is 5.73. The normalized spacial score (nSPS) is 13.4. The zero-order valence-corrected chi connectivity index (χ0v) is 8.58. The molecule has 0 unspecified atom stereocenters. The van der Waals surface area contributed by atoms with Crippen molar-refractivity contribution in [3.8, 4) is 0 Å². The second-order valence-corrected chi connectivity index (χ2v) is 3.58. The molecule has 0 amide bonds. The van der Waals surface area contributed by atoms with Gasteiger partial charge in [-0.15, -0.1) is 0 Å². The largest absolute Gasteiger partial charge is 0.461 e. The van der Waals surface area contributed by atoms with E-state index in [-0.39, 0.29) is 6.04 Å². The van der Waals surface area contributed by atoms with Crippen LogP contribution in [0.3, 0.4) is 0 Å². The zero-order chi connectivity index (χ0) is 10.1. The van der Waals surface area contributed by atoms with E-state index in [1.807, 2.05) is 25.1 Å². The van der Waals surface area contributed by atoms with Crippen LogP contribution in [-0.4, -0.2) is 0 Å². The fourth-order valence-electron chi connectivity index (χ4n) is 1.88. The predicted octanol–water partition coefficient (Wildman–Crippen LogP) is 3.01. The zero-order valence-electron chi connectivity index (χ0n) is 8.58. The maximum absolute atomic E-state index is 5.94. The third-order valence-corrected chi connectivity index (χ3v) is 2.49. The Kier molecular flexibility index (Phi) is 2.30. The van der Waals surface area contributed by atoms with Crippen molar-refractivity contribution in [2.75, 3.05) is 0 Å². The van der Waals surface area contributed by atoms with E-state index in [4.69, 9.17) is 10.2 Å². The number of hydrogen-bond acceptors (Lipinski definition) is 2. The van der Waals surface area contributed by atoms with Crippen molar-refractivity contribution >= 4 is 11.0 Å². The van der Waals surface area contributed by atoms with Gasteiger partial charge in [-0.2, -0.15) is 0 Å². The second-order valence-electron chi connectivity index (χ2n) is 3.58. The van der Waals surface area contributed by atoms with Gasteiger partial charge in [0.15, 0.2) is 0 Å². The van der Waals surface area contributed by atoms with Crippen molar-refractivity contribution in [2.24, 2.45) is 5.73 Å². The number of furan rings is 1. The Labute approximate surface area is 83.7 Å². The molecule has 2 N–H and O–H groups in total. The Morgan fingerprint density at radius 2 is 2.07 bits per heavy atom. The van der Waals surface area contributed by atoms with Crippen molar-refractivity contribution in [1.82, 2.24) is 0 Å². The highest BCUT2D eigenvalue weighted by molar-refractivity contribution is 5.82. The molecule has 0 fully saturated rings. The molecule has 0 aliphatic carbocycles. The lowest BCUT2D eigenvalue weighted by Gasteiger charge is -2.04. The monoisotopic (exact) mass is 189 g/mol. The molecule has 2 heteroatoms. The number of aryl methyl sites for hydroxylation is 1. The van der Waals surface area contributed by atoms with Crippen molar-refractivity contribution in [2.45, 2.75) is 26.3 Å². The van der Waals surface area contributed by atoms with E-state index in [0.29, 0.717) is 0 Å². The first-order valence-electron chi connectivity index (χ1n) is 5.00. The highest BCUT2D eigenvalue weighted by atomic mass is 16.3. The molecule has 1 heterocycles. The van der Waals surface area contributed by atoms with E-state index < -0.39 is 0 Å². The second kappa shape index (κ2) is 3.46. The van der Waals surface area contributed by atoms with Gasteiger partial charge in [0, 0.05) is 23.4 Å². The molecule has 0 aliphatic heterocycles. The number of fused-ring (bicyclic) bond motifs is 1. The molecule has 0 aliphatic rings. The maximum atomic E-state index is 5.94. The van der Waals surface area contributed by atoms with Crippen LogP contribution in [0.1, 0.15) is 31.2 Å². The van der Waals surface area contributed by atoms with Crippen LogP contribution in [0.2, 0.25) is 0 Å². The summed E-state index contributed by atoms with van der Waals surface area (Å²) in [5, 5.41) is 1.15. The summed E-state index contributed by atoms with van der Waals surface area (Å²) in [6.07, 6.45) is 0.894. The first-order valence-corrected chi connectivity index (χ1v) is 5.00. The molecular weight excluding hydrogens is 174 g/mol. The molecule has 0 saturated heterocycles. The average Bonchev–Trinajstić information content (AvgIpc) is 2.55. The Morgan fingerprint density at radius 3 is 2.71 bits per heavy atom. The summed E-state index contributed by atoms with van der Waals surface area (Å²) in [7, 11) is 0. The SMILES string of the molecule is CCc1oc2ccccc2c1[C@@H](C)N. The van der Waals surface area contributed by atoms with Crippen molar-refractivity contribution < 1.29 is 4.42 Å². The van der Waals surface area contributed by atoms with E-state index in [1.54, 1.807) is 0 Å². The maximum Gasteiger partial charge on any atom is 0.134 e. The lowest BCUT2D eigenvalue weighted by atomic mass is 10.0. The number of hydrogen-bond donors (Lipinski definition) is 1. The number of rotatable bonds is 2. The molecule has 1 atom stereocenters. The molecule has 2 nitrogen and oxygen atoms in total. The van der Waals surface area contributed by atoms with Crippen LogP contribution in [0.25, 0.3) is 11.0 Å². The molecule has 1 aromatic carbocycles. The van der Waals surface area contributed by atoms with E-state index in [9.17, 15) is 0 Å². The van der Waals surface area contributed by atoms with Crippen molar-refractivity contribution in [3.63, 3.8) is 0 Å². The molecular formula is C12H15NO. The van der Waals surface area contributed by atoms with Crippen LogP contribution >= 0.6 is 0 Å². The molecule has 0 spiro atoms. The number of para-hydroxylation sites is 1. The van der Waals surface area contributed by atoms with Gasteiger partial charge in [0.1, 0.15) is 11.3 Å². The van der Waals surface area contributed by atoms with Gasteiger partial charge in [0.05, 0.1) is 0 Å². The van der Waals surface area contributed by atoms with E-state index in [0.717, 1.165) is 28.7 Å². The summed E-state index contributed by atoms with van der Waals surface area (Å²) in [5.41, 5.74) is 8.04. The Balaban J connectivity index is 2.74. The summed E-state index contributed by atoms with van der Waals surface area (Å²) in [6, 6.07) is 8.09. The lowest BCUT2D eigenvalue weighted by molar-refractivity contribution is 0.544. The summed E-state index contributed by atoms with van der Waals surface area (Å²) >= 11 is 0. The van der Waals surface area contributed by atoms with Crippen molar-refractivity contribution in [3.05, 3.63) is 35.6 Å². The first-order chi connectivity index (χ1) is 6.74. The van der Waals surface area contributed by atoms with Crippen LogP contribution in [-0.2, 0) is 6.42 Å². The van der Waals surface area contributed by atoms with Gasteiger partial charge in [-0.3, -0.25) is 0 Å². The summed E-state index contributed by atoms with van der Waals surface area (Å²) in [4.78, 5) is 0. The van der Waals surface area contributed by atoms with Gasteiger partial charge in [-0.05, 0) is 13.0 Å². The van der Waals surface area contributed by atoms with Gasteiger partial charge in [0.25, 0.3) is 0 Å². The van der Waals surface area contributed by atoms with Gasteiger partial charge in [-0.1, -0.05) is 25.1 Å². The van der Waals surface area contributed by atoms with Crippen molar-refractivity contribution in [1.29, 1.82) is 0 Å². The quantitative estimate of drug-likeness (QED) is 0.788. The van der Waals surface area contributed by atoms with Crippen LogP contribution in [0.4, 0.5) is 0 Å². The molecule has 0 bridgehead atoms. The first kappa shape index (κ1) is 9.28. The average molecular weight is 189 g/mol. The standard InChI is InChI=1S/C12H15NO/c1-3-10-12(8(2)13)9-6-4-5-7-11(9)14-10/h4-8H,3,13H2,1-2H3/t8-/m1/s1. The fraction of sp³-hybridized carbons (Fsp3) is 0.333. The number of benzene rings is 1. The van der Waals surface area contributed by atoms with Crippen LogP contribution in [0.15, 0.2) is 28.7 Å². The minimum atomic E-state index is 0.0357. The smallest absolute Gasteiger partial charge is 0.134 e. The van der Waals surface area contributed by atoms with Crippen LogP contribution < -0.4 is 5.73 Å². The Morgan fingerprint density at radius 1 is 1.36 bits per heavy atom. The topological polar surface area (TPSA) is 39.2 Å². The predicted molar refractivity (Wildman–Crippen MR) is 58.2 cm³/mol. The van der Waals surface area contributed by atoms with E-state index >= 15 is 0 Å². The van der Waals surface area contributed by atoms with E-state index in [1.165, 1.54) is 0 Å². The molecule has 0 radical (unpaired) electrons. The minimum Gasteiger partial charge on any atom is -0.461 e. The third-order valence-electron chi connectivity index (χ3n) is 2.49. The third kappa shape index (κ3) is 1.32. The highest BCUT2D eigenvalue weighted by Crippen LogP contribution is 2.29. The molecule has 2 aromatic rings. The van der Waals surface area contributed by atoms with E-state index in [2.05, 4.69) is 13.0 Å². The van der Waals surface area contributed by atoms with Crippen LogP contribution in [0, 0.1) is 0 Å². The fourth-order valence-corrected chi connectivity index (χ4v) is 1.88. The van der Waals surface area contributed by atoms with Gasteiger partial charge >= 0.3 is 0 Å². The highest BCUT2D eigenvalue weighted by Gasteiger charge is 2.14. The van der Waals surface area contributed by atoms with Crippen LogP contribution in [0.5, 0.6) is 0 Å². The van der Waals surface area contributed by atoms with Gasteiger partial charge in [0.2, 0.25) is 0 Å². The molecule has 0 saturated carbocycles.